The van der Waals surface area contributed by atoms with Gasteiger partial charge in [-0.15, -0.1) is 0 Å². The third-order valence-electron chi connectivity index (χ3n) is 4.93. The number of ketones is 1. The van der Waals surface area contributed by atoms with E-state index in [1.54, 1.807) is 18.7 Å². The zero-order valence-corrected chi connectivity index (χ0v) is 17.0. The largest absolute Gasteiger partial charge is 0.378 e. The van der Waals surface area contributed by atoms with Crippen molar-refractivity contribution in [1.82, 2.24) is 15.5 Å². The fraction of sp³-hybridized carbons (Fsp3) is 0.571. The SMILES string of the molecule is CC(C)[C@H](NC(=O)N1CCOCC1)C(=O)N[C@@H](CCc1ccccc1)C(=O)CF. The van der Waals surface area contributed by atoms with Crippen LogP contribution in [-0.4, -0.2) is 67.7 Å². The number of hydrogen-bond acceptors (Lipinski definition) is 4. The number of Topliss-reactive ketones (excluding diaryl/α,β-unsaturated/α-hetero) is 1. The van der Waals surface area contributed by atoms with Gasteiger partial charge in [-0.1, -0.05) is 44.2 Å². The van der Waals surface area contributed by atoms with Crippen LogP contribution in [0.15, 0.2) is 30.3 Å². The number of nitrogens with one attached hydrogen (secondary N) is 2. The van der Waals surface area contributed by atoms with Crippen molar-refractivity contribution >= 4 is 17.7 Å². The zero-order chi connectivity index (χ0) is 21.2. The second-order valence-electron chi connectivity index (χ2n) is 7.46. The smallest absolute Gasteiger partial charge is 0.318 e. The second-order valence-corrected chi connectivity index (χ2v) is 7.46. The molecule has 3 amide bonds. The number of halogens is 1. The third kappa shape index (κ3) is 7.12. The van der Waals surface area contributed by atoms with Crippen molar-refractivity contribution in [3.05, 3.63) is 35.9 Å². The average Bonchev–Trinajstić information content (AvgIpc) is 2.75. The van der Waals surface area contributed by atoms with Crippen molar-refractivity contribution in [2.45, 2.75) is 38.8 Å². The van der Waals surface area contributed by atoms with Gasteiger partial charge in [0, 0.05) is 13.1 Å². The molecule has 0 aromatic heterocycles. The number of hydrogen-bond donors (Lipinski definition) is 2. The van der Waals surface area contributed by atoms with Crippen molar-refractivity contribution in [2.24, 2.45) is 5.92 Å². The van der Waals surface area contributed by atoms with Gasteiger partial charge in [0.05, 0.1) is 19.3 Å². The van der Waals surface area contributed by atoms with E-state index in [1.165, 1.54) is 0 Å². The van der Waals surface area contributed by atoms with Crippen molar-refractivity contribution in [1.29, 1.82) is 0 Å². The summed E-state index contributed by atoms with van der Waals surface area (Å²) in [6.07, 6.45) is 0.824. The summed E-state index contributed by atoms with van der Waals surface area (Å²) in [7, 11) is 0. The summed E-state index contributed by atoms with van der Waals surface area (Å²) >= 11 is 0. The Bertz CT molecular complexity index is 678. The van der Waals surface area contributed by atoms with E-state index in [-0.39, 0.29) is 11.9 Å². The van der Waals surface area contributed by atoms with Crippen LogP contribution in [0, 0.1) is 5.92 Å². The van der Waals surface area contributed by atoms with Crippen LogP contribution in [-0.2, 0) is 20.7 Å². The molecule has 1 aromatic carbocycles. The maximum Gasteiger partial charge on any atom is 0.318 e. The van der Waals surface area contributed by atoms with E-state index in [1.807, 2.05) is 30.3 Å². The number of carbonyl (C=O) groups is 3. The Kier molecular flexibility index (Phi) is 9.05. The van der Waals surface area contributed by atoms with Gasteiger partial charge < -0.3 is 20.3 Å². The van der Waals surface area contributed by atoms with E-state index in [2.05, 4.69) is 10.6 Å². The predicted octanol–water partition coefficient (Wildman–Crippen LogP) is 1.71. The van der Waals surface area contributed by atoms with Gasteiger partial charge in [-0.25, -0.2) is 9.18 Å². The maximum atomic E-state index is 13.0. The normalized spacial score (nSPS) is 16.2. The van der Waals surface area contributed by atoms with Gasteiger partial charge in [0.2, 0.25) is 5.91 Å². The molecule has 0 spiro atoms. The van der Waals surface area contributed by atoms with Crippen molar-refractivity contribution in [3.63, 3.8) is 0 Å². The minimum absolute atomic E-state index is 0.199. The Morgan fingerprint density at radius 1 is 1.10 bits per heavy atom. The van der Waals surface area contributed by atoms with Crippen LogP contribution in [0.25, 0.3) is 0 Å². The standard InChI is InChI=1S/C21H30FN3O4/c1-15(2)19(24-21(28)25-10-12-29-13-11-25)20(27)23-17(18(26)14-22)9-8-16-6-4-3-5-7-16/h3-7,15,17,19H,8-14H2,1-2H3,(H,23,27)(H,24,28)/t17-,19-/m0/s1. The summed E-state index contributed by atoms with van der Waals surface area (Å²) in [5.41, 5.74) is 0.999. The molecule has 0 aliphatic carbocycles. The zero-order valence-electron chi connectivity index (χ0n) is 17.0. The molecule has 1 heterocycles. The van der Waals surface area contributed by atoms with E-state index >= 15 is 0 Å². The third-order valence-corrected chi connectivity index (χ3v) is 4.93. The van der Waals surface area contributed by atoms with E-state index in [9.17, 15) is 18.8 Å². The van der Waals surface area contributed by atoms with E-state index < -0.39 is 30.4 Å². The van der Waals surface area contributed by atoms with E-state index in [0.717, 1.165) is 5.56 Å². The number of aryl methyl sites for hydroxylation is 1. The van der Waals surface area contributed by atoms with Crippen LogP contribution < -0.4 is 10.6 Å². The molecule has 2 atom stereocenters. The minimum Gasteiger partial charge on any atom is -0.378 e. The monoisotopic (exact) mass is 407 g/mol. The number of nitrogens with zero attached hydrogens (tertiary/aromatic N) is 1. The highest BCUT2D eigenvalue weighted by atomic mass is 19.1. The summed E-state index contributed by atoms with van der Waals surface area (Å²) in [4.78, 5) is 38.9. The van der Waals surface area contributed by atoms with E-state index in [4.69, 9.17) is 4.74 Å². The second kappa shape index (κ2) is 11.5. The molecule has 29 heavy (non-hydrogen) atoms. The molecule has 0 bridgehead atoms. The Balaban J connectivity index is 1.99. The lowest BCUT2D eigenvalue weighted by Gasteiger charge is -2.30. The number of ether oxygens (including phenoxy) is 1. The molecule has 0 saturated carbocycles. The predicted molar refractivity (Wildman–Crippen MR) is 107 cm³/mol. The van der Waals surface area contributed by atoms with Crippen LogP contribution in [0.5, 0.6) is 0 Å². The highest BCUT2D eigenvalue weighted by molar-refractivity contribution is 5.93. The van der Waals surface area contributed by atoms with Gasteiger partial charge in [-0.05, 0) is 24.3 Å². The van der Waals surface area contributed by atoms with E-state index in [0.29, 0.717) is 39.1 Å². The number of benzene rings is 1. The lowest BCUT2D eigenvalue weighted by Crippen LogP contribution is -2.57. The molecule has 1 aromatic rings. The number of urea groups is 1. The van der Waals surface area contributed by atoms with Crippen LogP contribution in [0.1, 0.15) is 25.8 Å². The minimum atomic E-state index is -1.15. The Morgan fingerprint density at radius 3 is 2.34 bits per heavy atom. The summed E-state index contributed by atoms with van der Waals surface area (Å²) < 4.78 is 18.3. The van der Waals surface area contributed by atoms with Crippen molar-refractivity contribution in [3.8, 4) is 0 Å². The van der Waals surface area contributed by atoms with Gasteiger partial charge >= 0.3 is 6.03 Å². The highest BCUT2D eigenvalue weighted by Gasteiger charge is 2.30. The number of carbonyl (C=O) groups excluding carboxylic acids is 3. The molecular formula is C21H30FN3O4. The average molecular weight is 407 g/mol. The van der Waals surface area contributed by atoms with Crippen LogP contribution in [0.4, 0.5) is 9.18 Å². The Hall–Kier alpha value is -2.48. The summed E-state index contributed by atoms with van der Waals surface area (Å²) in [6.45, 7) is 4.29. The number of rotatable bonds is 9. The number of amides is 3. The van der Waals surface area contributed by atoms with Crippen molar-refractivity contribution in [2.75, 3.05) is 33.0 Å². The molecule has 0 radical (unpaired) electrons. The molecule has 8 heteroatoms. The molecule has 1 aliphatic rings. The number of alkyl halides is 1. The Morgan fingerprint density at radius 2 is 1.76 bits per heavy atom. The van der Waals surface area contributed by atoms with Crippen LogP contribution in [0.2, 0.25) is 0 Å². The molecule has 2 rings (SSSR count). The fourth-order valence-corrected chi connectivity index (χ4v) is 3.15. The highest BCUT2D eigenvalue weighted by Crippen LogP contribution is 2.09. The summed E-state index contributed by atoms with van der Waals surface area (Å²) in [6, 6.07) is 7.38. The molecule has 7 nitrogen and oxygen atoms in total. The first-order chi connectivity index (χ1) is 13.9. The molecule has 1 fully saturated rings. The fourth-order valence-electron chi connectivity index (χ4n) is 3.15. The lowest BCUT2D eigenvalue weighted by atomic mass is 10.00. The van der Waals surface area contributed by atoms with Gasteiger partial charge in [-0.3, -0.25) is 9.59 Å². The first kappa shape index (κ1) is 22.8. The lowest BCUT2D eigenvalue weighted by molar-refractivity contribution is -0.130. The van der Waals surface area contributed by atoms with Gasteiger partial charge in [0.25, 0.3) is 0 Å². The van der Waals surface area contributed by atoms with Gasteiger partial charge in [-0.2, -0.15) is 0 Å². The van der Waals surface area contributed by atoms with Gasteiger partial charge in [0.1, 0.15) is 12.7 Å². The summed E-state index contributed by atoms with van der Waals surface area (Å²) in [5.74, 6) is -1.35. The molecule has 0 unspecified atom stereocenters. The molecular weight excluding hydrogens is 377 g/mol. The molecule has 1 aliphatic heterocycles. The maximum absolute atomic E-state index is 13.0. The molecule has 2 N–H and O–H groups in total. The molecule has 160 valence electrons. The van der Waals surface area contributed by atoms with Gasteiger partial charge in [0.15, 0.2) is 5.78 Å². The molecule has 1 saturated heterocycles. The van der Waals surface area contributed by atoms with Crippen molar-refractivity contribution < 1.29 is 23.5 Å². The summed E-state index contributed by atoms with van der Waals surface area (Å²) in [5, 5.41) is 5.38. The first-order valence-corrected chi connectivity index (χ1v) is 9.98. The topological polar surface area (TPSA) is 87.7 Å². The number of morpholine rings is 1. The quantitative estimate of drug-likeness (QED) is 0.652. The Labute approximate surface area is 171 Å². The first-order valence-electron chi connectivity index (χ1n) is 9.98. The van der Waals surface area contributed by atoms with Crippen LogP contribution in [0.3, 0.4) is 0 Å². The van der Waals surface area contributed by atoms with Crippen LogP contribution >= 0.6 is 0 Å².